The highest BCUT2D eigenvalue weighted by molar-refractivity contribution is 5.59. The third-order valence-corrected chi connectivity index (χ3v) is 4.61. The van der Waals surface area contributed by atoms with Crippen molar-refractivity contribution < 1.29 is 13.2 Å². The molecule has 2 nitrogen and oxygen atoms in total. The molecule has 0 bridgehead atoms. The van der Waals surface area contributed by atoms with Crippen LogP contribution in [-0.2, 0) is 6.18 Å². The van der Waals surface area contributed by atoms with Crippen LogP contribution in [0.5, 0.6) is 0 Å². The van der Waals surface area contributed by atoms with Crippen LogP contribution in [0.15, 0.2) is 18.2 Å². The van der Waals surface area contributed by atoms with Crippen molar-refractivity contribution in [1.82, 2.24) is 0 Å². The standard InChI is InChI=1S/C16H23F3N2/c1-15(2)8-6-11(7-9-15)21(3)12-4-5-14(20)13(10-12)16(17,18)19/h4-5,10-11H,6-9,20H2,1-3H3. The Hall–Kier alpha value is -1.39. The molecule has 0 aromatic heterocycles. The molecule has 21 heavy (non-hydrogen) atoms. The predicted molar refractivity (Wildman–Crippen MR) is 80.3 cm³/mol. The minimum Gasteiger partial charge on any atom is -0.398 e. The largest absolute Gasteiger partial charge is 0.418 e. The van der Waals surface area contributed by atoms with Crippen LogP contribution in [0.2, 0.25) is 0 Å². The molecule has 1 aliphatic rings. The lowest BCUT2D eigenvalue weighted by molar-refractivity contribution is -0.136. The number of anilines is 2. The SMILES string of the molecule is CN(c1ccc(N)c(C(F)(F)F)c1)C1CCC(C)(C)CC1. The van der Waals surface area contributed by atoms with Crippen LogP contribution in [0.4, 0.5) is 24.5 Å². The summed E-state index contributed by atoms with van der Waals surface area (Å²) in [6, 6.07) is 4.48. The topological polar surface area (TPSA) is 29.3 Å². The molecule has 2 N–H and O–H groups in total. The van der Waals surface area contributed by atoms with E-state index in [0.717, 1.165) is 31.7 Å². The maximum Gasteiger partial charge on any atom is 0.418 e. The van der Waals surface area contributed by atoms with Crippen LogP contribution < -0.4 is 10.6 Å². The number of nitrogens with two attached hydrogens (primary N) is 1. The second kappa shape index (κ2) is 5.43. The first kappa shape index (κ1) is 16.0. The summed E-state index contributed by atoms with van der Waals surface area (Å²) in [6.45, 7) is 4.49. The molecule has 0 radical (unpaired) electrons. The number of hydrogen-bond donors (Lipinski definition) is 1. The zero-order valence-corrected chi connectivity index (χ0v) is 12.8. The molecular formula is C16H23F3N2. The Morgan fingerprint density at radius 1 is 1.19 bits per heavy atom. The van der Waals surface area contributed by atoms with Gasteiger partial charge in [0.2, 0.25) is 0 Å². The third kappa shape index (κ3) is 3.63. The monoisotopic (exact) mass is 300 g/mol. The summed E-state index contributed by atoms with van der Waals surface area (Å²) in [4.78, 5) is 1.96. The van der Waals surface area contributed by atoms with Crippen LogP contribution in [0.1, 0.15) is 45.1 Å². The van der Waals surface area contributed by atoms with E-state index in [-0.39, 0.29) is 5.69 Å². The van der Waals surface area contributed by atoms with Gasteiger partial charge in [0, 0.05) is 24.5 Å². The Morgan fingerprint density at radius 3 is 2.29 bits per heavy atom. The Balaban J connectivity index is 2.19. The number of rotatable bonds is 2. The zero-order valence-electron chi connectivity index (χ0n) is 12.8. The second-order valence-electron chi connectivity index (χ2n) is 6.78. The minimum absolute atomic E-state index is 0.218. The van der Waals surface area contributed by atoms with E-state index in [2.05, 4.69) is 13.8 Å². The number of nitrogens with zero attached hydrogens (tertiary/aromatic N) is 1. The van der Waals surface area contributed by atoms with E-state index in [1.54, 1.807) is 6.07 Å². The summed E-state index contributed by atoms with van der Waals surface area (Å²) in [5, 5.41) is 0. The van der Waals surface area contributed by atoms with Crippen molar-refractivity contribution in [2.45, 2.75) is 51.7 Å². The summed E-state index contributed by atoms with van der Waals surface area (Å²) < 4.78 is 38.8. The minimum atomic E-state index is -4.41. The summed E-state index contributed by atoms with van der Waals surface area (Å²) >= 11 is 0. The summed E-state index contributed by atoms with van der Waals surface area (Å²) in [5.41, 5.74) is 5.41. The molecular weight excluding hydrogens is 277 g/mol. The fourth-order valence-corrected chi connectivity index (χ4v) is 2.99. The van der Waals surface area contributed by atoms with Crippen LogP contribution in [-0.4, -0.2) is 13.1 Å². The molecule has 1 aromatic rings. The highest BCUT2D eigenvalue weighted by atomic mass is 19.4. The van der Waals surface area contributed by atoms with Gasteiger partial charge in [-0.15, -0.1) is 0 Å². The van der Waals surface area contributed by atoms with E-state index in [1.165, 1.54) is 6.07 Å². The van der Waals surface area contributed by atoms with Gasteiger partial charge in [-0.25, -0.2) is 0 Å². The van der Waals surface area contributed by atoms with Crippen molar-refractivity contribution in [3.63, 3.8) is 0 Å². The maximum atomic E-state index is 12.9. The van der Waals surface area contributed by atoms with Gasteiger partial charge >= 0.3 is 6.18 Å². The van der Waals surface area contributed by atoms with Gasteiger partial charge < -0.3 is 10.6 Å². The highest BCUT2D eigenvalue weighted by Gasteiger charge is 2.34. The van der Waals surface area contributed by atoms with Crippen molar-refractivity contribution in [2.75, 3.05) is 17.7 Å². The normalized spacial score (nSPS) is 19.5. The van der Waals surface area contributed by atoms with Gasteiger partial charge in [-0.3, -0.25) is 0 Å². The van der Waals surface area contributed by atoms with Crippen molar-refractivity contribution in [3.05, 3.63) is 23.8 Å². The molecule has 2 rings (SSSR count). The van der Waals surface area contributed by atoms with E-state index in [1.807, 2.05) is 11.9 Å². The average Bonchev–Trinajstić information content (AvgIpc) is 2.37. The van der Waals surface area contributed by atoms with Crippen molar-refractivity contribution in [2.24, 2.45) is 5.41 Å². The predicted octanol–water partition coefficient (Wildman–Crippen LogP) is 4.69. The number of benzene rings is 1. The Bertz CT molecular complexity index is 499. The first-order chi connectivity index (χ1) is 9.60. The molecule has 0 amide bonds. The highest BCUT2D eigenvalue weighted by Crippen LogP contribution is 2.39. The molecule has 1 aromatic carbocycles. The lowest BCUT2D eigenvalue weighted by Gasteiger charge is -2.39. The molecule has 0 heterocycles. The Morgan fingerprint density at radius 2 is 1.76 bits per heavy atom. The molecule has 1 saturated carbocycles. The smallest absolute Gasteiger partial charge is 0.398 e. The number of nitrogen functional groups attached to an aromatic ring is 1. The van der Waals surface area contributed by atoms with Gasteiger partial charge in [0.1, 0.15) is 0 Å². The zero-order chi connectivity index (χ0) is 15.8. The lowest BCUT2D eigenvalue weighted by Crippen LogP contribution is -2.37. The Labute approximate surface area is 124 Å². The fraction of sp³-hybridized carbons (Fsp3) is 0.625. The van der Waals surface area contributed by atoms with Crippen LogP contribution in [0.3, 0.4) is 0 Å². The molecule has 0 saturated heterocycles. The third-order valence-electron chi connectivity index (χ3n) is 4.61. The van der Waals surface area contributed by atoms with Gasteiger partial charge in [-0.2, -0.15) is 13.2 Å². The van der Waals surface area contributed by atoms with Crippen LogP contribution in [0.25, 0.3) is 0 Å². The fourth-order valence-electron chi connectivity index (χ4n) is 2.99. The summed E-state index contributed by atoms with van der Waals surface area (Å²) in [5.74, 6) is 0. The van der Waals surface area contributed by atoms with Gasteiger partial charge in [0.05, 0.1) is 5.56 Å². The molecule has 0 aliphatic heterocycles. The summed E-state index contributed by atoms with van der Waals surface area (Å²) in [7, 11) is 1.87. The molecule has 1 fully saturated rings. The first-order valence-corrected chi connectivity index (χ1v) is 7.30. The average molecular weight is 300 g/mol. The van der Waals surface area contributed by atoms with Crippen molar-refractivity contribution in [3.8, 4) is 0 Å². The maximum absolute atomic E-state index is 12.9. The van der Waals surface area contributed by atoms with E-state index in [9.17, 15) is 13.2 Å². The van der Waals surface area contributed by atoms with Crippen LogP contribution >= 0.6 is 0 Å². The van der Waals surface area contributed by atoms with E-state index in [4.69, 9.17) is 5.73 Å². The number of halogens is 3. The van der Waals surface area contributed by atoms with Crippen molar-refractivity contribution >= 4 is 11.4 Å². The molecule has 0 atom stereocenters. The molecule has 0 spiro atoms. The van der Waals surface area contributed by atoms with E-state index < -0.39 is 11.7 Å². The van der Waals surface area contributed by atoms with Gasteiger partial charge in [0.15, 0.2) is 0 Å². The van der Waals surface area contributed by atoms with Crippen LogP contribution in [0, 0.1) is 5.41 Å². The summed E-state index contributed by atoms with van der Waals surface area (Å²) in [6.07, 6.45) is -0.188. The molecule has 5 heteroatoms. The lowest BCUT2D eigenvalue weighted by atomic mass is 9.75. The van der Waals surface area contributed by atoms with E-state index >= 15 is 0 Å². The number of alkyl halides is 3. The second-order valence-corrected chi connectivity index (χ2v) is 6.78. The Kier molecular flexibility index (Phi) is 4.13. The molecule has 118 valence electrons. The van der Waals surface area contributed by atoms with Gasteiger partial charge in [-0.1, -0.05) is 13.8 Å². The van der Waals surface area contributed by atoms with Gasteiger partial charge in [0.25, 0.3) is 0 Å². The first-order valence-electron chi connectivity index (χ1n) is 7.30. The van der Waals surface area contributed by atoms with Gasteiger partial charge in [-0.05, 0) is 49.3 Å². The quantitative estimate of drug-likeness (QED) is 0.803. The molecule has 1 aliphatic carbocycles. The van der Waals surface area contributed by atoms with Crippen molar-refractivity contribution in [1.29, 1.82) is 0 Å². The van der Waals surface area contributed by atoms with E-state index in [0.29, 0.717) is 17.1 Å². The number of hydrogen-bond acceptors (Lipinski definition) is 2. The molecule has 0 unspecified atom stereocenters.